The highest BCUT2D eigenvalue weighted by molar-refractivity contribution is 5.69. The van der Waals surface area contributed by atoms with Crippen LogP contribution in [0.2, 0.25) is 0 Å². The highest BCUT2D eigenvalue weighted by Gasteiger charge is 2.25. The quantitative estimate of drug-likeness (QED) is 0.134. The summed E-state index contributed by atoms with van der Waals surface area (Å²) in [6.45, 7) is 8.76. The Balaban J connectivity index is 1.77. The van der Waals surface area contributed by atoms with Crippen LogP contribution in [0.4, 0.5) is 0 Å². The van der Waals surface area contributed by atoms with E-state index in [0.717, 1.165) is 25.9 Å². The van der Waals surface area contributed by atoms with Gasteiger partial charge < -0.3 is 4.74 Å². The van der Waals surface area contributed by atoms with Crippen LogP contribution in [0.25, 0.3) is 0 Å². The summed E-state index contributed by atoms with van der Waals surface area (Å²) in [7, 11) is 0. The molecule has 0 saturated carbocycles. The van der Waals surface area contributed by atoms with Crippen LogP contribution in [-0.4, -0.2) is 36.6 Å². The van der Waals surface area contributed by atoms with Crippen LogP contribution >= 0.6 is 0 Å². The van der Waals surface area contributed by atoms with Gasteiger partial charge in [-0.2, -0.15) is 0 Å². The van der Waals surface area contributed by atoms with Crippen LogP contribution in [0.3, 0.4) is 0 Å². The molecule has 1 heterocycles. The Bertz CT molecular complexity index is 339. The van der Waals surface area contributed by atoms with E-state index in [9.17, 15) is 4.79 Å². The Hall–Kier alpha value is -0.830. The van der Waals surface area contributed by atoms with Gasteiger partial charge in [0.05, 0.1) is 6.04 Å². The number of hydrogen-bond acceptors (Lipinski definition) is 3. The molecular weight excluding hydrogens is 310 g/mol. The minimum atomic E-state index is -0.0447. The molecule has 0 aromatic carbocycles. The van der Waals surface area contributed by atoms with Crippen molar-refractivity contribution in [3.05, 3.63) is 12.7 Å². The van der Waals surface area contributed by atoms with Crippen molar-refractivity contribution in [1.29, 1.82) is 0 Å². The molecule has 0 aromatic rings. The smallest absolute Gasteiger partial charge is 0.305 e. The zero-order valence-electron chi connectivity index (χ0n) is 16.6. The first kappa shape index (κ1) is 22.2. The van der Waals surface area contributed by atoms with E-state index >= 15 is 0 Å². The van der Waals surface area contributed by atoms with Crippen molar-refractivity contribution < 1.29 is 9.53 Å². The molecule has 0 spiro atoms. The molecule has 1 saturated heterocycles. The number of ether oxygens (including phenoxy) is 1. The SMILES string of the molecule is C=CC(COC(=O)CCCCCCCCCCCCCCC)N1CC1. The summed E-state index contributed by atoms with van der Waals surface area (Å²) in [5.41, 5.74) is 0. The summed E-state index contributed by atoms with van der Waals surface area (Å²) in [5.74, 6) is -0.0447. The predicted molar refractivity (Wildman–Crippen MR) is 107 cm³/mol. The molecule has 1 aliphatic rings. The molecule has 3 heteroatoms. The first-order chi connectivity index (χ1) is 12.3. The fourth-order valence-corrected chi connectivity index (χ4v) is 3.25. The van der Waals surface area contributed by atoms with E-state index in [2.05, 4.69) is 18.4 Å². The normalized spacial score (nSPS) is 15.1. The van der Waals surface area contributed by atoms with Crippen molar-refractivity contribution in [3.8, 4) is 0 Å². The largest absolute Gasteiger partial charge is 0.464 e. The lowest BCUT2D eigenvalue weighted by atomic mass is 10.0. The number of carbonyl (C=O) groups is 1. The number of rotatable bonds is 18. The van der Waals surface area contributed by atoms with Gasteiger partial charge in [-0.3, -0.25) is 9.69 Å². The predicted octanol–water partition coefficient (Wildman–Crippen LogP) is 5.88. The van der Waals surface area contributed by atoms with Crippen molar-refractivity contribution in [2.75, 3.05) is 19.7 Å². The number of esters is 1. The molecule has 1 fully saturated rings. The van der Waals surface area contributed by atoms with Gasteiger partial charge in [0.15, 0.2) is 0 Å². The van der Waals surface area contributed by atoms with Gasteiger partial charge in [-0.15, -0.1) is 6.58 Å². The summed E-state index contributed by atoms with van der Waals surface area (Å²) < 4.78 is 5.35. The highest BCUT2D eigenvalue weighted by atomic mass is 16.5. The van der Waals surface area contributed by atoms with E-state index in [0.29, 0.717) is 13.0 Å². The molecule has 25 heavy (non-hydrogen) atoms. The van der Waals surface area contributed by atoms with E-state index in [-0.39, 0.29) is 12.0 Å². The first-order valence-electron chi connectivity index (χ1n) is 10.8. The molecule has 3 nitrogen and oxygen atoms in total. The van der Waals surface area contributed by atoms with Gasteiger partial charge in [-0.25, -0.2) is 0 Å². The van der Waals surface area contributed by atoms with Crippen molar-refractivity contribution >= 4 is 5.97 Å². The summed E-state index contributed by atoms with van der Waals surface area (Å²) in [4.78, 5) is 14.0. The fraction of sp³-hybridized carbons (Fsp3) is 0.864. The maximum atomic E-state index is 11.7. The number of hydrogen-bond donors (Lipinski definition) is 0. The molecule has 0 bridgehead atoms. The van der Waals surface area contributed by atoms with E-state index < -0.39 is 0 Å². The molecule has 146 valence electrons. The van der Waals surface area contributed by atoms with E-state index in [1.165, 1.54) is 70.6 Å². The Labute approximate surface area is 156 Å². The molecule has 0 N–H and O–H groups in total. The average molecular weight is 352 g/mol. The van der Waals surface area contributed by atoms with Crippen LogP contribution in [0.5, 0.6) is 0 Å². The van der Waals surface area contributed by atoms with Crippen LogP contribution < -0.4 is 0 Å². The summed E-state index contributed by atoms with van der Waals surface area (Å²) in [6, 6.07) is 0.218. The molecule has 0 aromatic heterocycles. The Kier molecular flexibility index (Phi) is 13.7. The second-order valence-corrected chi connectivity index (χ2v) is 7.51. The molecular formula is C22H41NO2. The maximum Gasteiger partial charge on any atom is 0.305 e. The van der Waals surface area contributed by atoms with Crippen molar-refractivity contribution in [2.24, 2.45) is 0 Å². The zero-order chi connectivity index (χ0) is 18.2. The summed E-state index contributed by atoms with van der Waals surface area (Å²) in [6.07, 6.45) is 19.7. The second-order valence-electron chi connectivity index (χ2n) is 7.51. The fourth-order valence-electron chi connectivity index (χ4n) is 3.25. The van der Waals surface area contributed by atoms with Crippen LogP contribution in [0, 0.1) is 0 Å². The second kappa shape index (κ2) is 15.4. The third kappa shape index (κ3) is 13.1. The Morgan fingerprint density at radius 1 is 0.920 bits per heavy atom. The molecule has 1 unspecified atom stereocenters. The summed E-state index contributed by atoms with van der Waals surface area (Å²) in [5, 5.41) is 0. The van der Waals surface area contributed by atoms with Crippen molar-refractivity contribution in [2.45, 2.75) is 103 Å². The van der Waals surface area contributed by atoms with Gasteiger partial charge in [0.2, 0.25) is 0 Å². The summed E-state index contributed by atoms with van der Waals surface area (Å²) >= 11 is 0. The van der Waals surface area contributed by atoms with Gasteiger partial charge in [0.25, 0.3) is 0 Å². The maximum absolute atomic E-state index is 11.7. The Morgan fingerprint density at radius 3 is 1.84 bits per heavy atom. The first-order valence-corrected chi connectivity index (χ1v) is 10.8. The number of unbranched alkanes of at least 4 members (excludes halogenated alkanes) is 12. The minimum Gasteiger partial charge on any atom is -0.464 e. The lowest BCUT2D eigenvalue weighted by Crippen LogP contribution is -2.24. The monoisotopic (exact) mass is 351 g/mol. The van der Waals surface area contributed by atoms with E-state index in [1.54, 1.807) is 0 Å². The van der Waals surface area contributed by atoms with Gasteiger partial charge in [0.1, 0.15) is 6.61 Å². The lowest BCUT2D eigenvalue weighted by molar-refractivity contribution is -0.144. The molecule has 0 aliphatic carbocycles. The lowest BCUT2D eigenvalue weighted by Gasteiger charge is -2.13. The molecule has 1 atom stereocenters. The topological polar surface area (TPSA) is 29.3 Å². The van der Waals surface area contributed by atoms with Gasteiger partial charge >= 0.3 is 5.97 Å². The van der Waals surface area contributed by atoms with Crippen LogP contribution in [0.1, 0.15) is 96.8 Å². The molecule has 0 radical (unpaired) electrons. The zero-order valence-corrected chi connectivity index (χ0v) is 16.6. The minimum absolute atomic E-state index is 0.0447. The van der Waals surface area contributed by atoms with Crippen LogP contribution in [-0.2, 0) is 9.53 Å². The average Bonchev–Trinajstić information content (AvgIpc) is 3.44. The standard InChI is InChI=1S/C22H41NO2/c1-3-5-6-7-8-9-10-11-12-13-14-15-16-17-22(24)25-20-21(4-2)23-18-19-23/h4,21H,2-3,5-20H2,1H3. The Morgan fingerprint density at radius 2 is 1.40 bits per heavy atom. The highest BCUT2D eigenvalue weighted by Crippen LogP contribution is 2.14. The third-order valence-corrected chi connectivity index (χ3v) is 5.12. The molecule has 1 aliphatic heterocycles. The van der Waals surface area contributed by atoms with Crippen LogP contribution in [0.15, 0.2) is 12.7 Å². The third-order valence-electron chi connectivity index (χ3n) is 5.12. The number of carbonyl (C=O) groups excluding carboxylic acids is 1. The number of nitrogens with zero attached hydrogens (tertiary/aromatic N) is 1. The van der Waals surface area contributed by atoms with E-state index in [1.807, 2.05) is 6.08 Å². The molecule has 1 rings (SSSR count). The van der Waals surface area contributed by atoms with E-state index in [4.69, 9.17) is 4.74 Å². The van der Waals surface area contributed by atoms with Gasteiger partial charge in [0, 0.05) is 19.5 Å². The van der Waals surface area contributed by atoms with Gasteiger partial charge in [-0.1, -0.05) is 90.0 Å². The van der Waals surface area contributed by atoms with Gasteiger partial charge in [-0.05, 0) is 6.42 Å². The molecule has 0 amide bonds. The van der Waals surface area contributed by atoms with Crippen molar-refractivity contribution in [3.63, 3.8) is 0 Å². The van der Waals surface area contributed by atoms with Crippen molar-refractivity contribution in [1.82, 2.24) is 4.90 Å².